The number of rotatable bonds is 3. The molecular weight excluding hydrogens is 444 g/mol. The molecule has 5 nitrogen and oxygen atoms in total. The van der Waals surface area contributed by atoms with Crippen LogP contribution in [0.15, 0.2) is 66.7 Å². The van der Waals surface area contributed by atoms with Gasteiger partial charge in [0, 0.05) is 29.1 Å². The van der Waals surface area contributed by atoms with E-state index in [-0.39, 0.29) is 18.3 Å². The minimum atomic E-state index is -1.25. The van der Waals surface area contributed by atoms with E-state index in [1.54, 1.807) is 37.3 Å². The van der Waals surface area contributed by atoms with E-state index >= 15 is 0 Å². The maximum absolute atomic E-state index is 14.4. The van der Waals surface area contributed by atoms with Gasteiger partial charge in [-0.25, -0.2) is 13.6 Å². The maximum Gasteiger partial charge on any atom is 0.323 e. The van der Waals surface area contributed by atoms with E-state index in [0.717, 1.165) is 0 Å². The minimum absolute atomic E-state index is 0.0590. The van der Waals surface area contributed by atoms with E-state index in [1.807, 2.05) is 24.3 Å². The molecule has 3 aromatic carbocycles. The van der Waals surface area contributed by atoms with Crippen LogP contribution in [-0.4, -0.2) is 29.1 Å². The van der Waals surface area contributed by atoms with Crippen LogP contribution in [0.3, 0.4) is 0 Å². The zero-order chi connectivity index (χ0) is 23.2. The molecule has 2 heterocycles. The van der Waals surface area contributed by atoms with Gasteiger partial charge in [-0.15, -0.1) is 11.8 Å². The first-order chi connectivity index (χ1) is 15.9. The van der Waals surface area contributed by atoms with E-state index < -0.39 is 16.7 Å². The van der Waals surface area contributed by atoms with Crippen molar-refractivity contribution >= 4 is 35.1 Å². The van der Waals surface area contributed by atoms with Gasteiger partial charge in [0.05, 0.1) is 12.2 Å². The number of para-hydroxylation sites is 1. The molecule has 3 amide bonds. The van der Waals surface area contributed by atoms with Gasteiger partial charge >= 0.3 is 6.03 Å². The normalized spacial score (nSPS) is 19.3. The number of nitrogens with zero attached hydrogens (tertiary/aromatic N) is 2. The van der Waals surface area contributed by atoms with Crippen molar-refractivity contribution in [3.8, 4) is 0 Å². The molecule has 3 aromatic rings. The Morgan fingerprint density at radius 3 is 2.61 bits per heavy atom. The predicted molar refractivity (Wildman–Crippen MR) is 125 cm³/mol. The lowest BCUT2D eigenvalue weighted by atomic mass is 10.1. The molecule has 1 N–H and O–H groups in total. The Hall–Kier alpha value is -3.39. The molecule has 0 saturated carbocycles. The zero-order valence-corrected chi connectivity index (χ0v) is 18.7. The molecule has 1 saturated heterocycles. The highest BCUT2D eigenvalue weighted by Crippen LogP contribution is 2.54. The maximum atomic E-state index is 14.4. The average Bonchev–Trinajstić information content (AvgIpc) is 3.35. The van der Waals surface area contributed by atoms with Gasteiger partial charge in [0.15, 0.2) is 4.87 Å². The molecule has 5 rings (SSSR count). The van der Waals surface area contributed by atoms with Crippen molar-refractivity contribution < 1.29 is 18.4 Å². The second kappa shape index (κ2) is 8.19. The van der Waals surface area contributed by atoms with E-state index in [9.17, 15) is 18.4 Å². The van der Waals surface area contributed by atoms with Crippen LogP contribution >= 0.6 is 11.8 Å². The molecule has 33 heavy (non-hydrogen) atoms. The van der Waals surface area contributed by atoms with Crippen molar-refractivity contribution in [2.75, 3.05) is 22.5 Å². The molecule has 0 bridgehead atoms. The molecule has 0 radical (unpaired) electrons. The standard InChI is InChI=1S/C25H21F2N3O2S/c1-16-10-11-18(14-21(16)27)28-24(32)30-12-13-33-25(30)19-7-3-5-9-22(19)29(23(25)31)15-17-6-2-4-8-20(17)26/h2-11,14H,12-13,15H2,1H3,(H,28,32)/t25-/m1/s1. The van der Waals surface area contributed by atoms with Gasteiger partial charge < -0.3 is 10.2 Å². The van der Waals surface area contributed by atoms with E-state index in [1.165, 1.54) is 33.7 Å². The Bertz CT molecular complexity index is 1270. The Labute approximate surface area is 194 Å². The summed E-state index contributed by atoms with van der Waals surface area (Å²) in [6.45, 7) is 2.05. The topological polar surface area (TPSA) is 52.7 Å². The summed E-state index contributed by atoms with van der Waals surface area (Å²) >= 11 is 1.38. The Kier molecular flexibility index (Phi) is 5.32. The van der Waals surface area contributed by atoms with Gasteiger partial charge in [0.1, 0.15) is 11.6 Å². The zero-order valence-electron chi connectivity index (χ0n) is 17.8. The molecule has 1 fully saturated rings. The molecule has 1 spiro atoms. The van der Waals surface area contributed by atoms with Crippen LogP contribution < -0.4 is 10.2 Å². The van der Waals surface area contributed by atoms with Crippen LogP contribution in [0.5, 0.6) is 0 Å². The van der Waals surface area contributed by atoms with Crippen LogP contribution in [0.4, 0.5) is 25.0 Å². The number of carbonyl (C=O) groups is 2. The van der Waals surface area contributed by atoms with Crippen LogP contribution in [-0.2, 0) is 16.2 Å². The fraction of sp³-hybridized carbons (Fsp3) is 0.200. The number of fused-ring (bicyclic) bond motifs is 2. The van der Waals surface area contributed by atoms with Gasteiger partial charge in [-0.05, 0) is 36.8 Å². The summed E-state index contributed by atoms with van der Waals surface area (Å²) in [6, 6.07) is 17.6. The highest BCUT2D eigenvalue weighted by atomic mass is 32.2. The number of thioether (sulfide) groups is 1. The summed E-state index contributed by atoms with van der Waals surface area (Å²) in [7, 11) is 0. The van der Waals surface area contributed by atoms with E-state index in [2.05, 4.69) is 5.32 Å². The number of urea groups is 1. The molecular formula is C25H21F2N3O2S. The average molecular weight is 466 g/mol. The number of anilines is 2. The summed E-state index contributed by atoms with van der Waals surface area (Å²) in [5.74, 6) is -0.543. The molecule has 2 aliphatic rings. The summed E-state index contributed by atoms with van der Waals surface area (Å²) < 4.78 is 28.4. The fourth-order valence-corrected chi connectivity index (χ4v) is 5.84. The van der Waals surface area contributed by atoms with Crippen molar-refractivity contribution in [1.29, 1.82) is 0 Å². The third kappa shape index (κ3) is 3.45. The molecule has 0 aromatic heterocycles. The molecule has 2 aliphatic heterocycles. The van der Waals surface area contributed by atoms with Crippen molar-refractivity contribution in [2.24, 2.45) is 0 Å². The first-order valence-corrected chi connectivity index (χ1v) is 11.5. The van der Waals surface area contributed by atoms with Crippen molar-refractivity contribution in [3.05, 3.63) is 95.1 Å². The number of carbonyl (C=O) groups excluding carboxylic acids is 2. The van der Waals surface area contributed by atoms with Gasteiger partial charge in [0.2, 0.25) is 0 Å². The number of nitrogens with one attached hydrogen (secondary N) is 1. The third-order valence-corrected chi connectivity index (χ3v) is 7.47. The second-order valence-corrected chi connectivity index (χ2v) is 9.33. The molecule has 8 heteroatoms. The fourth-order valence-electron chi connectivity index (χ4n) is 4.38. The van der Waals surface area contributed by atoms with Crippen molar-refractivity contribution in [3.63, 3.8) is 0 Å². The first kappa shape index (κ1) is 21.5. The molecule has 0 aliphatic carbocycles. The number of halogens is 2. The van der Waals surface area contributed by atoms with Crippen LogP contribution in [0.25, 0.3) is 0 Å². The van der Waals surface area contributed by atoms with Gasteiger partial charge in [-0.2, -0.15) is 0 Å². The lowest BCUT2D eigenvalue weighted by Gasteiger charge is -2.33. The summed E-state index contributed by atoms with van der Waals surface area (Å²) in [6.07, 6.45) is 0. The van der Waals surface area contributed by atoms with Gasteiger partial charge in [-0.3, -0.25) is 9.69 Å². The molecule has 1 atom stereocenters. The predicted octanol–water partition coefficient (Wildman–Crippen LogP) is 5.25. The number of hydrogen-bond donors (Lipinski definition) is 1. The highest BCUT2D eigenvalue weighted by Gasteiger charge is 2.59. The van der Waals surface area contributed by atoms with Crippen LogP contribution in [0.2, 0.25) is 0 Å². The summed E-state index contributed by atoms with van der Waals surface area (Å²) in [5.41, 5.74) is 2.53. The number of benzene rings is 3. The van der Waals surface area contributed by atoms with Gasteiger partial charge in [-0.1, -0.05) is 42.5 Å². The van der Waals surface area contributed by atoms with Crippen LogP contribution in [0, 0.1) is 18.6 Å². The van der Waals surface area contributed by atoms with Crippen molar-refractivity contribution in [1.82, 2.24) is 4.90 Å². The molecule has 168 valence electrons. The summed E-state index contributed by atoms with van der Waals surface area (Å²) in [5, 5.41) is 2.73. The molecule has 0 unspecified atom stereocenters. The smallest absolute Gasteiger partial charge is 0.308 e. The second-order valence-electron chi connectivity index (χ2n) is 8.04. The van der Waals surface area contributed by atoms with Crippen LogP contribution in [0.1, 0.15) is 16.7 Å². The Morgan fingerprint density at radius 1 is 1.06 bits per heavy atom. The Balaban J connectivity index is 1.51. The third-order valence-electron chi connectivity index (χ3n) is 6.06. The van der Waals surface area contributed by atoms with Gasteiger partial charge in [0.25, 0.3) is 5.91 Å². The quantitative estimate of drug-likeness (QED) is 0.575. The highest BCUT2D eigenvalue weighted by molar-refractivity contribution is 8.01. The largest absolute Gasteiger partial charge is 0.323 e. The monoisotopic (exact) mass is 465 g/mol. The van der Waals surface area contributed by atoms with E-state index in [4.69, 9.17) is 0 Å². The lowest BCUT2D eigenvalue weighted by Crippen LogP contribution is -2.51. The summed E-state index contributed by atoms with van der Waals surface area (Å²) in [4.78, 5) is 28.9. The number of aryl methyl sites for hydroxylation is 1. The Morgan fingerprint density at radius 2 is 1.82 bits per heavy atom. The van der Waals surface area contributed by atoms with E-state index in [0.29, 0.717) is 40.4 Å². The number of hydrogen-bond acceptors (Lipinski definition) is 3. The number of amides is 3. The minimum Gasteiger partial charge on any atom is -0.308 e. The first-order valence-electron chi connectivity index (χ1n) is 10.6. The SMILES string of the molecule is Cc1ccc(NC(=O)N2CCS[C@]23C(=O)N(Cc2ccccc2F)c2ccccc23)cc1F. The van der Waals surface area contributed by atoms with Crippen molar-refractivity contribution in [2.45, 2.75) is 18.3 Å². The lowest BCUT2D eigenvalue weighted by molar-refractivity contribution is -0.123.